The monoisotopic (exact) mass is 519 g/mol. The average Bonchev–Trinajstić information content (AvgIpc) is 3.17. The van der Waals surface area contributed by atoms with E-state index in [1.807, 2.05) is 37.3 Å². The van der Waals surface area contributed by atoms with Crippen LogP contribution in [0.2, 0.25) is 5.02 Å². The Morgan fingerprint density at radius 3 is 2.54 bits per heavy atom. The van der Waals surface area contributed by atoms with Crippen molar-refractivity contribution in [3.05, 3.63) is 104 Å². The van der Waals surface area contributed by atoms with Gasteiger partial charge in [-0.25, -0.2) is 0 Å². The molecule has 8 heteroatoms. The van der Waals surface area contributed by atoms with E-state index in [1.165, 1.54) is 4.90 Å². The van der Waals surface area contributed by atoms with E-state index in [0.29, 0.717) is 46.3 Å². The summed E-state index contributed by atoms with van der Waals surface area (Å²) >= 11 is 6.30. The Labute approximate surface area is 218 Å². The van der Waals surface area contributed by atoms with Crippen molar-refractivity contribution in [2.45, 2.75) is 26.5 Å². The highest BCUT2D eigenvalue weighted by Gasteiger charge is 2.42. The first-order valence-corrected chi connectivity index (χ1v) is 12.4. The Bertz CT molecular complexity index is 1530. The average molecular weight is 520 g/mol. The molecule has 0 aliphatic carbocycles. The second kappa shape index (κ2) is 10.3. The molecule has 37 heavy (non-hydrogen) atoms. The van der Waals surface area contributed by atoms with Gasteiger partial charge in [-0.3, -0.25) is 9.59 Å². The third-order valence-electron chi connectivity index (χ3n) is 6.41. The summed E-state index contributed by atoms with van der Waals surface area (Å²) in [7, 11) is 0. The van der Waals surface area contributed by atoms with Gasteiger partial charge in [0.2, 0.25) is 5.76 Å². The van der Waals surface area contributed by atoms with E-state index in [4.69, 9.17) is 25.5 Å². The predicted octanol–water partition coefficient (Wildman–Crippen LogP) is 5.27. The lowest BCUT2D eigenvalue weighted by Gasteiger charge is -2.25. The van der Waals surface area contributed by atoms with Crippen LogP contribution >= 0.6 is 11.6 Å². The minimum atomic E-state index is -0.766. The lowest BCUT2D eigenvalue weighted by molar-refractivity contribution is 0.0691. The summed E-state index contributed by atoms with van der Waals surface area (Å²) in [6, 6.07) is 17.6. The van der Waals surface area contributed by atoms with Gasteiger partial charge in [-0.1, -0.05) is 48.0 Å². The Balaban J connectivity index is 1.61. The number of ether oxygens (including phenoxy) is 2. The van der Waals surface area contributed by atoms with Crippen molar-refractivity contribution in [2.75, 3.05) is 19.8 Å². The van der Waals surface area contributed by atoms with Crippen molar-refractivity contribution < 1.29 is 23.8 Å². The van der Waals surface area contributed by atoms with Crippen LogP contribution in [-0.4, -0.2) is 35.7 Å². The molecule has 1 unspecified atom stereocenters. The number of halogens is 1. The number of benzene rings is 3. The van der Waals surface area contributed by atoms with Gasteiger partial charge in [-0.05, 0) is 54.8 Å². The van der Waals surface area contributed by atoms with Crippen LogP contribution in [0.3, 0.4) is 0 Å². The van der Waals surface area contributed by atoms with Crippen LogP contribution in [0.1, 0.15) is 45.8 Å². The van der Waals surface area contributed by atoms with Crippen LogP contribution in [-0.2, 0) is 6.61 Å². The maximum atomic E-state index is 13.7. The molecule has 3 aromatic carbocycles. The van der Waals surface area contributed by atoms with Crippen LogP contribution in [0.15, 0.2) is 69.9 Å². The van der Waals surface area contributed by atoms with Gasteiger partial charge in [-0.15, -0.1) is 0 Å². The molecule has 0 spiro atoms. The van der Waals surface area contributed by atoms with Crippen LogP contribution in [0, 0.1) is 6.92 Å². The topological polar surface area (TPSA) is 89.2 Å². The zero-order valence-electron chi connectivity index (χ0n) is 20.5. The van der Waals surface area contributed by atoms with Crippen molar-refractivity contribution in [3.63, 3.8) is 0 Å². The van der Waals surface area contributed by atoms with Gasteiger partial charge in [0.05, 0.1) is 30.2 Å². The summed E-state index contributed by atoms with van der Waals surface area (Å²) in [6.45, 7) is 4.18. The van der Waals surface area contributed by atoms with E-state index in [0.717, 1.165) is 11.1 Å². The van der Waals surface area contributed by atoms with Crippen molar-refractivity contribution in [3.8, 4) is 11.5 Å². The van der Waals surface area contributed by atoms with E-state index in [2.05, 4.69) is 0 Å². The summed E-state index contributed by atoms with van der Waals surface area (Å²) in [6.07, 6.45) is 0. The number of carbonyl (C=O) groups excluding carboxylic acids is 1. The first-order valence-electron chi connectivity index (χ1n) is 12.0. The first kappa shape index (κ1) is 24.9. The Morgan fingerprint density at radius 2 is 1.81 bits per heavy atom. The molecule has 1 aromatic heterocycles. The lowest BCUT2D eigenvalue weighted by Crippen LogP contribution is -2.32. The van der Waals surface area contributed by atoms with Crippen molar-refractivity contribution in [2.24, 2.45) is 0 Å². The molecule has 1 atom stereocenters. The summed E-state index contributed by atoms with van der Waals surface area (Å²) < 4.78 is 17.9. The van der Waals surface area contributed by atoms with Gasteiger partial charge >= 0.3 is 0 Å². The van der Waals surface area contributed by atoms with Crippen LogP contribution in [0.5, 0.6) is 11.5 Å². The second-order valence-corrected chi connectivity index (χ2v) is 9.22. The number of amides is 1. The van der Waals surface area contributed by atoms with Gasteiger partial charge in [0.1, 0.15) is 12.2 Å². The molecule has 7 nitrogen and oxygen atoms in total. The predicted molar refractivity (Wildman–Crippen MR) is 141 cm³/mol. The number of carbonyl (C=O) groups is 1. The maximum absolute atomic E-state index is 13.7. The molecule has 190 valence electrons. The fourth-order valence-corrected chi connectivity index (χ4v) is 4.81. The molecule has 0 fully saturated rings. The Kier molecular flexibility index (Phi) is 6.91. The molecule has 1 aliphatic rings. The van der Waals surface area contributed by atoms with Crippen LogP contribution in [0.25, 0.3) is 11.0 Å². The quantitative estimate of drug-likeness (QED) is 0.341. The summed E-state index contributed by atoms with van der Waals surface area (Å²) in [4.78, 5) is 28.5. The van der Waals surface area contributed by atoms with E-state index < -0.39 is 11.9 Å². The zero-order chi connectivity index (χ0) is 26.1. The van der Waals surface area contributed by atoms with Crippen LogP contribution < -0.4 is 14.9 Å². The number of rotatable bonds is 8. The molecule has 5 rings (SSSR count). The van der Waals surface area contributed by atoms with Gasteiger partial charge in [0.15, 0.2) is 16.9 Å². The van der Waals surface area contributed by atoms with Gasteiger partial charge < -0.3 is 23.9 Å². The fourth-order valence-electron chi connectivity index (χ4n) is 4.64. The minimum Gasteiger partial charge on any atom is -0.490 e. The number of fused-ring (bicyclic) bond motifs is 2. The number of nitrogens with zero attached hydrogens (tertiary/aromatic N) is 1. The molecular formula is C29H26ClNO6. The van der Waals surface area contributed by atoms with E-state index in [-0.39, 0.29) is 29.9 Å². The van der Waals surface area contributed by atoms with Crippen LogP contribution in [0.4, 0.5) is 0 Å². The molecule has 4 aromatic rings. The third kappa shape index (κ3) is 4.56. The zero-order valence-corrected chi connectivity index (χ0v) is 21.2. The smallest absolute Gasteiger partial charge is 0.290 e. The molecule has 1 N–H and O–H groups in total. The van der Waals surface area contributed by atoms with E-state index in [9.17, 15) is 14.7 Å². The molecule has 1 amide bonds. The summed E-state index contributed by atoms with van der Waals surface area (Å²) in [5.74, 6) is 0.549. The number of β-amino-alcohol motifs (C(OH)–C–C–N with tert-alkyl or cyclic N) is 1. The minimum absolute atomic E-state index is 0.0273. The first-order chi connectivity index (χ1) is 17.9. The number of hydrogen-bond acceptors (Lipinski definition) is 6. The fraction of sp³-hybridized carbons (Fsp3) is 0.241. The SMILES string of the molecule is CCOc1cc(C2c3c(oc4cc(C)c(Cl)cc4c3=O)C(=O)N2CCO)ccc1OCc1ccccc1. The second-order valence-electron chi connectivity index (χ2n) is 8.81. The Morgan fingerprint density at radius 1 is 1.03 bits per heavy atom. The maximum Gasteiger partial charge on any atom is 0.290 e. The van der Waals surface area contributed by atoms with Gasteiger partial charge in [0.25, 0.3) is 5.91 Å². The number of aliphatic hydroxyl groups excluding tert-OH is 1. The molecule has 2 heterocycles. The Hall–Kier alpha value is -3.81. The standard InChI is InChI=1S/C29H26ClNO6/c1-3-35-24-14-19(9-10-22(24)36-16-18-7-5-4-6-8-18)26-25-27(33)20-15-21(30)17(2)13-23(20)37-28(25)29(34)31(26)11-12-32/h4-10,13-15,26,32H,3,11-12,16H2,1-2H3. The van der Waals surface area contributed by atoms with Gasteiger partial charge in [-0.2, -0.15) is 0 Å². The third-order valence-corrected chi connectivity index (χ3v) is 6.82. The molecular weight excluding hydrogens is 494 g/mol. The largest absolute Gasteiger partial charge is 0.490 e. The molecule has 0 saturated carbocycles. The van der Waals surface area contributed by atoms with Crippen molar-refractivity contribution >= 4 is 28.5 Å². The highest BCUT2D eigenvalue weighted by Crippen LogP contribution is 2.41. The van der Waals surface area contributed by atoms with E-state index in [1.54, 1.807) is 37.3 Å². The highest BCUT2D eigenvalue weighted by atomic mass is 35.5. The van der Waals surface area contributed by atoms with E-state index >= 15 is 0 Å². The van der Waals surface area contributed by atoms with Crippen molar-refractivity contribution in [1.82, 2.24) is 4.90 Å². The number of aryl methyl sites for hydroxylation is 1. The molecule has 0 bridgehead atoms. The molecule has 1 aliphatic heterocycles. The normalized spacial score (nSPS) is 14.8. The number of aliphatic hydroxyl groups is 1. The summed E-state index contributed by atoms with van der Waals surface area (Å²) in [5, 5.41) is 10.4. The lowest BCUT2D eigenvalue weighted by atomic mass is 9.97. The molecule has 0 radical (unpaired) electrons. The summed E-state index contributed by atoms with van der Waals surface area (Å²) in [5.41, 5.74) is 2.56. The number of hydrogen-bond donors (Lipinski definition) is 1. The molecule has 0 saturated heterocycles. The van der Waals surface area contributed by atoms with Crippen molar-refractivity contribution in [1.29, 1.82) is 0 Å². The highest BCUT2D eigenvalue weighted by molar-refractivity contribution is 6.32. The van der Waals surface area contributed by atoms with Gasteiger partial charge in [0, 0.05) is 11.6 Å².